The lowest BCUT2D eigenvalue weighted by molar-refractivity contribution is 0.297. The van der Waals surface area contributed by atoms with Crippen LogP contribution in [0.25, 0.3) is 0 Å². The molecule has 86 valence electrons. The van der Waals surface area contributed by atoms with Gasteiger partial charge >= 0.3 is 0 Å². The zero-order chi connectivity index (χ0) is 11.4. The largest absolute Gasteiger partial charge is 0.478 e. The molecule has 3 heteroatoms. The lowest BCUT2D eigenvalue weighted by Crippen LogP contribution is -2.13. The minimum Gasteiger partial charge on any atom is -0.478 e. The van der Waals surface area contributed by atoms with Crippen molar-refractivity contribution in [3.63, 3.8) is 0 Å². The Morgan fingerprint density at radius 1 is 1.38 bits per heavy atom. The Hall–Kier alpha value is -1.38. The molecule has 0 saturated heterocycles. The molecule has 16 heavy (non-hydrogen) atoms. The molecule has 0 radical (unpaired) electrons. The SMILES string of the molecule is CCCCOc1ccc2c(n1)CCCC2=N. The van der Waals surface area contributed by atoms with Crippen LogP contribution in [0, 0.1) is 5.41 Å². The number of rotatable bonds is 4. The van der Waals surface area contributed by atoms with Crippen LogP contribution in [0.5, 0.6) is 5.88 Å². The predicted molar refractivity (Wildman–Crippen MR) is 64.4 cm³/mol. The first-order chi connectivity index (χ1) is 7.81. The van der Waals surface area contributed by atoms with Crippen LogP contribution in [0.4, 0.5) is 0 Å². The molecule has 1 heterocycles. The van der Waals surface area contributed by atoms with Crippen molar-refractivity contribution in [2.75, 3.05) is 6.61 Å². The maximum Gasteiger partial charge on any atom is 0.213 e. The van der Waals surface area contributed by atoms with E-state index in [9.17, 15) is 0 Å². The Labute approximate surface area is 96.4 Å². The van der Waals surface area contributed by atoms with Crippen LogP contribution in [0.2, 0.25) is 0 Å². The van der Waals surface area contributed by atoms with Gasteiger partial charge in [-0.15, -0.1) is 0 Å². The highest BCUT2D eigenvalue weighted by Crippen LogP contribution is 2.22. The molecule has 1 aromatic heterocycles. The third kappa shape index (κ3) is 2.40. The van der Waals surface area contributed by atoms with E-state index in [0.717, 1.165) is 50.0 Å². The first-order valence-electron chi connectivity index (χ1n) is 6.01. The van der Waals surface area contributed by atoms with E-state index in [2.05, 4.69) is 11.9 Å². The van der Waals surface area contributed by atoms with Gasteiger partial charge in [0.2, 0.25) is 5.88 Å². The molecular formula is C13H18N2O. The first-order valence-corrected chi connectivity index (χ1v) is 6.01. The Kier molecular flexibility index (Phi) is 3.54. The van der Waals surface area contributed by atoms with Crippen molar-refractivity contribution in [3.05, 3.63) is 23.4 Å². The third-order valence-corrected chi connectivity index (χ3v) is 2.86. The highest BCUT2D eigenvalue weighted by atomic mass is 16.5. The van der Waals surface area contributed by atoms with Crippen molar-refractivity contribution >= 4 is 5.71 Å². The topological polar surface area (TPSA) is 46.0 Å². The van der Waals surface area contributed by atoms with Gasteiger partial charge in [-0.05, 0) is 31.7 Å². The second kappa shape index (κ2) is 5.10. The Bertz CT molecular complexity index is 388. The minimum atomic E-state index is 0.710. The van der Waals surface area contributed by atoms with Crippen LogP contribution in [-0.2, 0) is 6.42 Å². The molecule has 0 amide bonds. The molecule has 1 aliphatic carbocycles. The van der Waals surface area contributed by atoms with Crippen LogP contribution in [0.3, 0.4) is 0 Å². The quantitative estimate of drug-likeness (QED) is 0.790. The Morgan fingerprint density at radius 2 is 2.25 bits per heavy atom. The van der Waals surface area contributed by atoms with Gasteiger partial charge in [-0.2, -0.15) is 0 Å². The van der Waals surface area contributed by atoms with Crippen molar-refractivity contribution in [1.82, 2.24) is 4.98 Å². The molecule has 3 nitrogen and oxygen atoms in total. The summed E-state index contributed by atoms with van der Waals surface area (Å²) in [5.41, 5.74) is 2.76. The standard InChI is InChI=1S/C13H18N2O/c1-2-3-9-16-13-8-7-10-11(14)5-4-6-12(10)15-13/h7-8,14H,2-6,9H2,1H3. The summed E-state index contributed by atoms with van der Waals surface area (Å²) in [6.45, 7) is 2.88. The molecule has 0 atom stereocenters. The zero-order valence-corrected chi connectivity index (χ0v) is 9.75. The van der Waals surface area contributed by atoms with Crippen molar-refractivity contribution < 1.29 is 4.74 Å². The van der Waals surface area contributed by atoms with Crippen LogP contribution in [-0.4, -0.2) is 17.3 Å². The zero-order valence-electron chi connectivity index (χ0n) is 9.75. The summed E-state index contributed by atoms with van der Waals surface area (Å²) >= 11 is 0. The van der Waals surface area contributed by atoms with Crippen molar-refractivity contribution in [3.8, 4) is 5.88 Å². The van der Waals surface area contributed by atoms with Gasteiger partial charge in [-0.1, -0.05) is 13.3 Å². The molecule has 0 unspecified atom stereocenters. The van der Waals surface area contributed by atoms with Crippen LogP contribution in [0.15, 0.2) is 12.1 Å². The second-order valence-electron chi connectivity index (χ2n) is 4.18. The maximum atomic E-state index is 7.83. The number of pyridine rings is 1. The summed E-state index contributed by atoms with van der Waals surface area (Å²) in [5.74, 6) is 0.710. The number of nitrogens with zero attached hydrogens (tertiary/aromatic N) is 1. The number of hydrogen-bond acceptors (Lipinski definition) is 3. The molecule has 0 saturated carbocycles. The maximum absolute atomic E-state index is 7.83. The van der Waals surface area contributed by atoms with Gasteiger partial charge in [0.15, 0.2) is 0 Å². The van der Waals surface area contributed by atoms with Crippen molar-refractivity contribution in [1.29, 1.82) is 5.41 Å². The van der Waals surface area contributed by atoms with E-state index in [1.165, 1.54) is 0 Å². The molecule has 2 rings (SSSR count). The Balaban J connectivity index is 2.09. The summed E-state index contributed by atoms with van der Waals surface area (Å²) in [5, 5.41) is 7.83. The summed E-state index contributed by atoms with van der Waals surface area (Å²) in [6.07, 6.45) is 5.09. The van der Waals surface area contributed by atoms with Crippen LogP contribution < -0.4 is 4.74 Å². The van der Waals surface area contributed by atoms with Gasteiger partial charge in [0.05, 0.1) is 12.3 Å². The lowest BCUT2D eigenvalue weighted by Gasteiger charge is -2.16. The van der Waals surface area contributed by atoms with Gasteiger partial charge in [0, 0.05) is 17.3 Å². The predicted octanol–water partition coefficient (Wildman–Crippen LogP) is 2.96. The van der Waals surface area contributed by atoms with Crippen molar-refractivity contribution in [2.24, 2.45) is 0 Å². The summed E-state index contributed by atoms with van der Waals surface area (Å²) < 4.78 is 5.57. The number of ether oxygens (including phenoxy) is 1. The van der Waals surface area contributed by atoms with E-state index in [-0.39, 0.29) is 0 Å². The van der Waals surface area contributed by atoms with Gasteiger partial charge in [0.25, 0.3) is 0 Å². The van der Waals surface area contributed by atoms with E-state index in [1.807, 2.05) is 12.1 Å². The highest BCUT2D eigenvalue weighted by molar-refractivity contribution is 6.00. The average Bonchev–Trinajstić information content (AvgIpc) is 2.30. The summed E-state index contributed by atoms with van der Waals surface area (Å²) in [7, 11) is 0. The normalized spacial score (nSPS) is 14.7. The molecule has 1 aromatic rings. The number of aromatic nitrogens is 1. The fourth-order valence-electron chi connectivity index (χ4n) is 1.92. The number of nitrogens with one attached hydrogen (secondary N) is 1. The molecule has 0 aliphatic heterocycles. The fourth-order valence-corrected chi connectivity index (χ4v) is 1.92. The summed E-state index contributed by atoms with van der Waals surface area (Å²) in [4.78, 5) is 4.47. The number of fused-ring (bicyclic) bond motifs is 1. The van der Waals surface area contributed by atoms with Gasteiger partial charge in [-0.25, -0.2) is 4.98 Å². The molecule has 1 N–H and O–H groups in total. The minimum absolute atomic E-state index is 0.710. The Morgan fingerprint density at radius 3 is 3.06 bits per heavy atom. The van der Waals surface area contributed by atoms with Gasteiger partial charge in [0.1, 0.15) is 0 Å². The van der Waals surface area contributed by atoms with E-state index in [0.29, 0.717) is 11.6 Å². The molecule has 1 aliphatic rings. The first kappa shape index (κ1) is 11.1. The molecule has 0 bridgehead atoms. The van der Waals surface area contributed by atoms with E-state index >= 15 is 0 Å². The number of hydrogen-bond donors (Lipinski definition) is 1. The number of aryl methyl sites for hydroxylation is 1. The number of unbranched alkanes of at least 4 members (excludes halogenated alkanes) is 1. The third-order valence-electron chi connectivity index (χ3n) is 2.86. The second-order valence-corrected chi connectivity index (χ2v) is 4.18. The fraction of sp³-hybridized carbons (Fsp3) is 0.538. The lowest BCUT2D eigenvalue weighted by atomic mass is 9.94. The smallest absolute Gasteiger partial charge is 0.213 e. The average molecular weight is 218 g/mol. The van der Waals surface area contributed by atoms with E-state index in [1.54, 1.807) is 0 Å². The highest BCUT2D eigenvalue weighted by Gasteiger charge is 2.15. The van der Waals surface area contributed by atoms with Crippen LogP contribution >= 0.6 is 0 Å². The van der Waals surface area contributed by atoms with Crippen molar-refractivity contribution in [2.45, 2.75) is 39.0 Å². The van der Waals surface area contributed by atoms with Crippen LogP contribution in [0.1, 0.15) is 43.9 Å². The van der Waals surface area contributed by atoms with Gasteiger partial charge < -0.3 is 10.1 Å². The summed E-state index contributed by atoms with van der Waals surface area (Å²) in [6, 6.07) is 3.86. The molecular weight excluding hydrogens is 200 g/mol. The molecule has 0 aromatic carbocycles. The molecule has 0 fully saturated rings. The molecule has 0 spiro atoms. The van der Waals surface area contributed by atoms with E-state index in [4.69, 9.17) is 10.1 Å². The monoisotopic (exact) mass is 218 g/mol. The van der Waals surface area contributed by atoms with Gasteiger partial charge in [-0.3, -0.25) is 0 Å². The van der Waals surface area contributed by atoms with E-state index < -0.39 is 0 Å².